The molecule has 6 aromatic carbocycles. The van der Waals surface area contributed by atoms with Crippen LogP contribution >= 0.6 is 60.7 Å². The van der Waals surface area contributed by atoms with Crippen LogP contribution in [0.15, 0.2) is 146 Å². The van der Waals surface area contributed by atoms with Gasteiger partial charge in [0.15, 0.2) is 0 Å². The molecule has 6 aromatic rings. The average Bonchev–Trinajstić information content (AvgIpc) is 3.19. The van der Waals surface area contributed by atoms with Crippen molar-refractivity contribution >= 4 is 68.0 Å². The van der Waals surface area contributed by atoms with Crippen LogP contribution in [0, 0.1) is 42.2 Å². The van der Waals surface area contributed by atoms with Crippen molar-refractivity contribution in [2.45, 2.75) is 80.1 Å². The summed E-state index contributed by atoms with van der Waals surface area (Å²) in [6, 6.07) is 53.9. The number of halogens is 3. The summed E-state index contributed by atoms with van der Waals surface area (Å²) in [6.07, 6.45) is 0. The second-order valence-corrected chi connectivity index (χ2v) is 28.1. The SMILES string of the molecule is Cc1ccc(I(OB(OI(c2ccc(C)cc2)c2ccc(C(C)C)cc2)OI(c2ccc(C)cc2)c2ccc(C(C)C)cc2)c2ccc(C(C)C)cc2)cc1. The van der Waals surface area contributed by atoms with Crippen molar-refractivity contribution in [3.8, 4) is 0 Å². The van der Waals surface area contributed by atoms with E-state index in [2.05, 4.69) is 208 Å². The van der Waals surface area contributed by atoms with Crippen LogP contribution < -0.4 is 0 Å². The first kappa shape index (κ1) is 42.1. The first-order valence-electron chi connectivity index (χ1n) is 19.1. The van der Waals surface area contributed by atoms with Crippen LogP contribution in [0.2, 0.25) is 0 Å². The quantitative estimate of drug-likeness (QED) is 0.0758. The van der Waals surface area contributed by atoms with E-state index in [1.807, 2.05) is 0 Å². The number of benzene rings is 6. The average molecular weight is 1070 g/mol. The van der Waals surface area contributed by atoms with Crippen LogP contribution in [-0.2, 0) is 8.95 Å². The molecule has 0 fully saturated rings. The molecule has 3 nitrogen and oxygen atoms in total. The van der Waals surface area contributed by atoms with Gasteiger partial charge in [0.05, 0.1) is 0 Å². The molecule has 0 aromatic heterocycles. The van der Waals surface area contributed by atoms with Crippen LogP contribution in [0.1, 0.15) is 92.7 Å². The van der Waals surface area contributed by atoms with Crippen molar-refractivity contribution in [1.29, 1.82) is 0 Å². The third-order valence-corrected chi connectivity index (χ3v) is 23.2. The fourth-order valence-electron chi connectivity index (χ4n) is 5.78. The molecule has 0 saturated carbocycles. The molecule has 55 heavy (non-hydrogen) atoms. The van der Waals surface area contributed by atoms with E-state index in [0.717, 1.165) is 0 Å². The third-order valence-electron chi connectivity index (χ3n) is 9.32. The zero-order valence-electron chi connectivity index (χ0n) is 33.5. The molecule has 0 unspecified atom stereocenters. The Bertz CT molecular complexity index is 1840. The first-order chi connectivity index (χ1) is 26.4. The van der Waals surface area contributed by atoms with Crippen LogP contribution in [-0.4, -0.2) is 7.32 Å². The summed E-state index contributed by atoms with van der Waals surface area (Å²) in [7, 11) is -0.871. The molecule has 0 bridgehead atoms. The van der Waals surface area contributed by atoms with Gasteiger partial charge in [0, 0.05) is 0 Å². The Morgan fingerprint density at radius 3 is 0.673 bits per heavy atom. The van der Waals surface area contributed by atoms with Gasteiger partial charge in [0.2, 0.25) is 0 Å². The summed E-state index contributed by atoms with van der Waals surface area (Å²) in [5, 5.41) is 0. The van der Waals surface area contributed by atoms with Gasteiger partial charge in [-0.05, 0) is 0 Å². The first-order valence-corrected chi connectivity index (χ1v) is 28.2. The Hall–Kier alpha value is -2.55. The van der Waals surface area contributed by atoms with Crippen molar-refractivity contribution < 1.29 is 8.95 Å². The van der Waals surface area contributed by atoms with Gasteiger partial charge in [0.1, 0.15) is 0 Å². The summed E-state index contributed by atoms with van der Waals surface area (Å²) < 4.78 is 29.8. The van der Waals surface area contributed by atoms with Crippen molar-refractivity contribution in [3.05, 3.63) is 200 Å². The molecule has 288 valence electrons. The Morgan fingerprint density at radius 1 is 0.309 bits per heavy atom. The van der Waals surface area contributed by atoms with E-state index in [4.69, 9.17) is 8.95 Å². The van der Waals surface area contributed by atoms with Crippen molar-refractivity contribution in [3.63, 3.8) is 0 Å². The zero-order valence-corrected chi connectivity index (χ0v) is 40.0. The monoisotopic (exact) mass is 1070 g/mol. The molecular formula is C48H54BI3O3. The maximum absolute atomic E-state index is 7.47. The van der Waals surface area contributed by atoms with E-state index in [1.165, 1.54) is 54.8 Å². The fourth-order valence-corrected chi connectivity index (χ4v) is 18.8. The van der Waals surface area contributed by atoms with E-state index in [1.54, 1.807) is 0 Å². The second kappa shape index (κ2) is 19.7. The molecule has 0 N–H and O–H groups in total. The Morgan fingerprint density at radius 2 is 0.491 bits per heavy atom. The minimum absolute atomic E-state index is 0.448. The zero-order chi connectivity index (χ0) is 39.1. The Kier molecular flexibility index (Phi) is 15.1. The van der Waals surface area contributed by atoms with Crippen molar-refractivity contribution in [2.24, 2.45) is 0 Å². The minimum atomic E-state index is -2.58. The van der Waals surface area contributed by atoms with E-state index < -0.39 is 68.0 Å². The van der Waals surface area contributed by atoms with E-state index >= 15 is 0 Å². The summed E-state index contributed by atoms with van der Waals surface area (Å²) >= 11 is -7.74. The number of hydrogen-bond acceptors (Lipinski definition) is 3. The van der Waals surface area contributed by atoms with Crippen molar-refractivity contribution in [1.82, 2.24) is 0 Å². The van der Waals surface area contributed by atoms with Crippen LogP contribution in [0.25, 0.3) is 0 Å². The second-order valence-electron chi connectivity index (χ2n) is 14.8. The van der Waals surface area contributed by atoms with Gasteiger partial charge in [0.25, 0.3) is 0 Å². The molecule has 0 aliphatic rings. The number of hydrogen-bond donors (Lipinski definition) is 0. The van der Waals surface area contributed by atoms with E-state index in [9.17, 15) is 0 Å². The number of aryl methyl sites for hydroxylation is 3. The van der Waals surface area contributed by atoms with Gasteiger partial charge in [-0.2, -0.15) is 0 Å². The molecule has 7 heteroatoms. The van der Waals surface area contributed by atoms with Crippen LogP contribution in [0.5, 0.6) is 0 Å². The Balaban J connectivity index is 1.49. The molecule has 6 rings (SSSR count). The predicted molar refractivity (Wildman–Crippen MR) is 258 cm³/mol. The van der Waals surface area contributed by atoms with Crippen molar-refractivity contribution in [2.75, 3.05) is 0 Å². The molecule has 0 saturated heterocycles. The Labute approximate surface area is 354 Å². The van der Waals surface area contributed by atoms with Gasteiger partial charge < -0.3 is 0 Å². The number of rotatable bonds is 15. The van der Waals surface area contributed by atoms with Gasteiger partial charge >= 0.3 is 357 Å². The predicted octanol–water partition coefficient (Wildman–Crippen LogP) is 14.8. The molecule has 0 radical (unpaired) electrons. The molecule has 0 spiro atoms. The van der Waals surface area contributed by atoms with Gasteiger partial charge in [-0.25, -0.2) is 0 Å². The van der Waals surface area contributed by atoms with E-state index in [0.29, 0.717) is 17.8 Å². The molecule has 0 atom stereocenters. The van der Waals surface area contributed by atoms with Crippen LogP contribution in [0.3, 0.4) is 0 Å². The van der Waals surface area contributed by atoms with E-state index in [-0.39, 0.29) is 0 Å². The summed E-state index contributed by atoms with van der Waals surface area (Å²) in [4.78, 5) is 0. The summed E-state index contributed by atoms with van der Waals surface area (Å²) in [6.45, 7) is 19.9. The third kappa shape index (κ3) is 11.3. The van der Waals surface area contributed by atoms with Gasteiger partial charge in [-0.15, -0.1) is 0 Å². The summed E-state index contributed by atoms with van der Waals surface area (Å²) in [5.74, 6) is 1.35. The van der Waals surface area contributed by atoms with Crippen LogP contribution in [0.4, 0.5) is 0 Å². The topological polar surface area (TPSA) is 27.7 Å². The molecular weight excluding hydrogens is 1020 g/mol. The normalized spacial score (nSPS) is 12.3. The standard InChI is InChI=1S/C48H54BI3O3/c1-34(2)40-16-28-46(29-17-40)50(43-22-10-37(7)11-23-43)53-49(54-51(44-24-12-38(8)13-25-44)47-30-18-41(19-31-47)35(3)4)55-52(45-26-14-39(9)15-27-45)48-32-20-42(21-33-48)36(5)6/h10-36H,1-9H3. The van der Waals surface area contributed by atoms with Gasteiger partial charge in [-0.1, -0.05) is 0 Å². The maximum atomic E-state index is 7.47. The molecule has 0 aliphatic carbocycles. The molecule has 0 aliphatic heterocycles. The summed E-state index contributed by atoms with van der Waals surface area (Å²) in [5.41, 5.74) is 7.66. The fraction of sp³-hybridized carbons (Fsp3) is 0.250. The molecule has 0 heterocycles. The van der Waals surface area contributed by atoms with Gasteiger partial charge in [-0.3, -0.25) is 0 Å². The molecule has 0 amide bonds.